The Morgan fingerprint density at radius 2 is 1.92 bits per heavy atom. The van der Waals surface area contributed by atoms with E-state index in [1.54, 1.807) is 11.8 Å². The van der Waals surface area contributed by atoms with Crippen molar-refractivity contribution in [3.05, 3.63) is 30.3 Å². The molecule has 1 atom stereocenters. The third-order valence-corrected chi connectivity index (χ3v) is 5.63. The monoisotopic (exact) mass is 382 g/mol. The zero-order valence-corrected chi connectivity index (χ0v) is 15.7. The third-order valence-electron chi connectivity index (χ3n) is 4.23. The predicted octanol–water partition coefficient (Wildman–Crippen LogP) is 0.986. The number of carbonyl (C=O) groups is 2. The van der Waals surface area contributed by atoms with Gasteiger partial charge in [0.05, 0.1) is 11.7 Å². The molecule has 0 radical (unpaired) electrons. The summed E-state index contributed by atoms with van der Waals surface area (Å²) in [5.41, 5.74) is 0.715. The van der Waals surface area contributed by atoms with Crippen LogP contribution < -0.4 is 15.4 Å². The molecule has 0 aromatic heterocycles. The molecule has 9 heteroatoms. The van der Waals surface area contributed by atoms with Crippen LogP contribution >= 0.6 is 0 Å². The quantitative estimate of drug-likeness (QED) is 0.611. The van der Waals surface area contributed by atoms with Crippen molar-refractivity contribution < 1.29 is 18.0 Å². The lowest BCUT2D eigenvalue weighted by atomic mass is 9.97. The van der Waals surface area contributed by atoms with Crippen LogP contribution in [0.5, 0.6) is 0 Å². The molecule has 1 aliphatic heterocycles. The van der Waals surface area contributed by atoms with Gasteiger partial charge in [-0.2, -0.15) is 0 Å². The molecule has 0 saturated carbocycles. The first-order valence-electron chi connectivity index (χ1n) is 8.77. The van der Waals surface area contributed by atoms with Crippen molar-refractivity contribution in [3.63, 3.8) is 0 Å². The summed E-state index contributed by atoms with van der Waals surface area (Å²) in [6.45, 7) is 2.90. The number of urea groups is 1. The molecule has 8 nitrogen and oxygen atoms in total. The molecule has 1 aromatic rings. The average Bonchev–Trinajstić information content (AvgIpc) is 2.66. The minimum Gasteiger partial charge on any atom is -0.354 e. The highest BCUT2D eigenvalue weighted by atomic mass is 32.2. The summed E-state index contributed by atoms with van der Waals surface area (Å²) in [5.74, 6) is -0.430. The second-order valence-corrected chi connectivity index (χ2v) is 8.27. The highest BCUT2D eigenvalue weighted by Crippen LogP contribution is 2.18. The number of hydrogen-bond donors (Lipinski definition) is 3. The van der Waals surface area contributed by atoms with E-state index in [0.717, 1.165) is 6.42 Å². The normalized spacial score (nSPS) is 17.6. The van der Waals surface area contributed by atoms with Gasteiger partial charge in [0.25, 0.3) is 0 Å². The van der Waals surface area contributed by atoms with Gasteiger partial charge in [-0.3, -0.25) is 4.79 Å². The summed E-state index contributed by atoms with van der Waals surface area (Å²) >= 11 is 0. The number of nitrogens with zero attached hydrogens (tertiary/aromatic N) is 1. The summed E-state index contributed by atoms with van der Waals surface area (Å²) in [6, 6.07) is 8.96. The molecule has 3 amide bonds. The number of rotatable bonds is 7. The van der Waals surface area contributed by atoms with E-state index in [4.69, 9.17) is 0 Å². The maximum atomic E-state index is 12.3. The van der Waals surface area contributed by atoms with Crippen molar-refractivity contribution in [2.45, 2.75) is 19.8 Å². The molecule has 0 aliphatic carbocycles. The highest BCUT2D eigenvalue weighted by Gasteiger charge is 2.28. The maximum Gasteiger partial charge on any atom is 0.321 e. The second-order valence-electron chi connectivity index (χ2n) is 6.17. The Morgan fingerprint density at radius 3 is 2.62 bits per heavy atom. The lowest BCUT2D eigenvalue weighted by Gasteiger charge is -2.32. The summed E-state index contributed by atoms with van der Waals surface area (Å²) < 4.78 is 25.1. The van der Waals surface area contributed by atoms with Gasteiger partial charge >= 0.3 is 6.03 Å². The first-order chi connectivity index (χ1) is 12.4. The van der Waals surface area contributed by atoms with Crippen molar-refractivity contribution in [2.24, 2.45) is 5.92 Å². The number of nitrogens with one attached hydrogen (secondary N) is 3. The first-order valence-corrected chi connectivity index (χ1v) is 10.4. The summed E-state index contributed by atoms with van der Waals surface area (Å²) in [5, 5.41) is 5.56. The van der Waals surface area contributed by atoms with Crippen LogP contribution in [0, 0.1) is 5.92 Å². The molecule has 1 unspecified atom stereocenters. The van der Waals surface area contributed by atoms with Crippen LogP contribution in [0.25, 0.3) is 0 Å². The Kier molecular flexibility index (Phi) is 7.40. The van der Waals surface area contributed by atoms with Gasteiger partial charge < -0.3 is 15.5 Å². The molecule has 3 N–H and O–H groups in total. The number of benzene rings is 1. The van der Waals surface area contributed by atoms with E-state index < -0.39 is 10.0 Å². The lowest BCUT2D eigenvalue weighted by molar-refractivity contribution is -0.126. The van der Waals surface area contributed by atoms with Crippen molar-refractivity contribution in [2.75, 3.05) is 37.2 Å². The van der Waals surface area contributed by atoms with Crippen molar-refractivity contribution >= 4 is 27.6 Å². The van der Waals surface area contributed by atoms with Gasteiger partial charge in [-0.15, -0.1) is 0 Å². The van der Waals surface area contributed by atoms with E-state index in [1.165, 1.54) is 0 Å². The predicted molar refractivity (Wildman–Crippen MR) is 100 cm³/mol. The fourth-order valence-corrected chi connectivity index (χ4v) is 3.36. The van der Waals surface area contributed by atoms with Crippen molar-refractivity contribution in [1.82, 2.24) is 14.9 Å². The standard InChI is InChI=1S/C17H26N4O4S/c1-2-26(24,25)19-11-10-18-16(22)14-7-6-12-21(13-14)17(23)20-15-8-4-3-5-9-15/h3-5,8-9,14,19H,2,6-7,10-13H2,1H3,(H,18,22)(H,20,23). The van der Waals surface area contributed by atoms with E-state index in [0.29, 0.717) is 25.2 Å². The molecular weight excluding hydrogens is 356 g/mol. The third kappa shape index (κ3) is 6.30. The highest BCUT2D eigenvalue weighted by molar-refractivity contribution is 7.89. The number of amides is 3. The van der Waals surface area contributed by atoms with E-state index in [-0.39, 0.29) is 36.7 Å². The molecule has 0 spiro atoms. The molecule has 1 aliphatic rings. The molecular formula is C17H26N4O4S. The SMILES string of the molecule is CCS(=O)(=O)NCCNC(=O)C1CCCN(C(=O)Nc2ccccc2)C1. The fourth-order valence-electron chi connectivity index (χ4n) is 2.74. The van der Waals surface area contributed by atoms with Crippen LogP contribution in [0.2, 0.25) is 0 Å². The number of sulfonamides is 1. The largest absolute Gasteiger partial charge is 0.354 e. The van der Waals surface area contributed by atoms with Crippen LogP contribution in [0.1, 0.15) is 19.8 Å². The number of likely N-dealkylation sites (tertiary alicyclic amines) is 1. The number of hydrogen-bond acceptors (Lipinski definition) is 4. The summed E-state index contributed by atoms with van der Waals surface area (Å²) in [7, 11) is -3.25. The van der Waals surface area contributed by atoms with Gasteiger partial charge in [-0.1, -0.05) is 18.2 Å². The molecule has 0 bridgehead atoms. The van der Waals surface area contributed by atoms with E-state index in [2.05, 4.69) is 15.4 Å². The summed E-state index contributed by atoms with van der Waals surface area (Å²) in [6.07, 6.45) is 1.46. The fraction of sp³-hybridized carbons (Fsp3) is 0.529. The van der Waals surface area contributed by atoms with Crippen molar-refractivity contribution in [1.29, 1.82) is 0 Å². The average molecular weight is 382 g/mol. The molecule has 144 valence electrons. The Balaban J connectivity index is 1.78. The van der Waals surface area contributed by atoms with Gasteiger partial charge in [-0.25, -0.2) is 17.9 Å². The molecule has 26 heavy (non-hydrogen) atoms. The number of carbonyl (C=O) groups excluding carboxylic acids is 2. The Morgan fingerprint density at radius 1 is 1.19 bits per heavy atom. The van der Waals surface area contributed by atoms with E-state index >= 15 is 0 Å². The molecule has 1 saturated heterocycles. The first kappa shape index (κ1) is 20.2. The Labute approximate surface area is 154 Å². The molecule has 1 aromatic carbocycles. The van der Waals surface area contributed by atoms with Gasteiger partial charge in [0.2, 0.25) is 15.9 Å². The van der Waals surface area contributed by atoms with Crippen LogP contribution in [0.4, 0.5) is 10.5 Å². The number of anilines is 1. The molecule has 1 fully saturated rings. The van der Waals surface area contributed by atoms with Gasteiger partial charge in [0.15, 0.2) is 0 Å². The van der Waals surface area contributed by atoms with Crippen LogP contribution in [0.3, 0.4) is 0 Å². The van der Waals surface area contributed by atoms with Crippen LogP contribution in [0.15, 0.2) is 30.3 Å². The number of piperidine rings is 1. The smallest absolute Gasteiger partial charge is 0.321 e. The Bertz CT molecular complexity index is 709. The zero-order chi connectivity index (χ0) is 19.0. The van der Waals surface area contributed by atoms with Gasteiger partial charge in [0.1, 0.15) is 0 Å². The van der Waals surface area contributed by atoms with E-state index in [1.807, 2.05) is 30.3 Å². The molecule has 2 rings (SSSR count). The van der Waals surface area contributed by atoms with Crippen LogP contribution in [-0.4, -0.2) is 57.2 Å². The Hall–Kier alpha value is -2.13. The van der Waals surface area contributed by atoms with Gasteiger partial charge in [0, 0.05) is 31.9 Å². The van der Waals surface area contributed by atoms with Crippen LogP contribution in [-0.2, 0) is 14.8 Å². The zero-order valence-electron chi connectivity index (χ0n) is 14.9. The van der Waals surface area contributed by atoms with Gasteiger partial charge in [-0.05, 0) is 31.9 Å². The maximum absolute atomic E-state index is 12.3. The minimum absolute atomic E-state index is 0.00899. The van der Waals surface area contributed by atoms with E-state index in [9.17, 15) is 18.0 Å². The number of para-hydroxylation sites is 1. The lowest BCUT2D eigenvalue weighted by Crippen LogP contribution is -2.47. The van der Waals surface area contributed by atoms with Crippen molar-refractivity contribution in [3.8, 4) is 0 Å². The summed E-state index contributed by atoms with van der Waals surface area (Å²) in [4.78, 5) is 26.3. The topological polar surface area (TPSA) is 108 Å². The minimum atomic E-state index is -3.25. The molecule has 1 heterocycles. The second kappa shape index (κ2) is 9.54.